The van der Waals surface area contributed by atoms with Crippen molar-refractivity contribution in [2.24, 2.45) is 0 Å². The van der Waals surface area contributed by atoms with Crippen LogP contribution in [-0.4, -0.2) is 38.0 Å². The summed E-state index contributed by atoms with van der Waals surface area (Å²) in [5, 5.41) is 2.55. The van der Waals surface area contributed by atoms with Crippen LogP contribution >= 0.6 is 11.6 Å². The van der Waals surface area contributed by atoms with Gasteiger partial charge in [-0.2, -0.15) is 0 Å². The van der Waals surface area contributed by atoms with E-state index in [-0.39, 0.29) is 11.3 Å². The number of hydrogen-bond donors (Lipinski definition) is 1. The van der Waals surface area contributed by atoms with Crippen LogP contribution in [-0.2, 0) is 0 Å². The fraction of sp³-hybridized carbons (Fsp3) is 0.545. The highest BCUT2D eigenvalue weighted by atomic mass is 35.5. The number of carbonyl (C=O) groups is 1. The minimum atomic E-state index is -0.219. The van der Waals surface area contributed by atoms with Gasteiger partial charge < -0.3 is 14.6 Å². The first-order valence-corrected chi connectivity index (χ1v) is 5.61. The standard InChI is InChI=1S/C11H17ClN2O2/c1-8(12)9-4-5-10(16-9)11(15)13-6-7-14(2)3/h4-5,8H,6-7H2,1-3H3,(H,13,15). The topological polar surface area (TPSA) is 45.5 Å². The second kappa shape index (κ2) is 5.92. The van der Waals surface area contributed by atoms with Gasteiger partial charge in [0.1, 0.15) is 5.76 Å². The molecule has 16 heavy (non-hydrogen) atoms. The van der Waals surface area contributed by atoms with Gasteiger partial charge in [0, 0.05) is 13.1 Å². The molecule has 1 unspecified atom stereocenters. The Morgan fingerprint density at radius 1 is 1.56 bits per heavy atom. The van der Waals surface area contributed by atoms with Crippen molar-refractivity contribution in [3.63, 3.8) is 0 Å². The van der Waals surface area contributed by atoms with Crippen molar-refractivity contribution in [2.75, 3.05) is 27.2 Å². The SMILES string of the molecule is CC(Cl)c1ccc(C(=O)NCCN(C)C)o1. The van der Waals surface area contributed by atoms with Crippen molar-refractivity contribution in [1.29, 1.82) is 0 Å². The van der Waals surface area contributed by atoms with Gasteiger partial charge in [-0.1, -0.05) is 0 Å². The highest BCUT2D eigenvalue weighted by molar-refractivity contribution is 6.20. The van der Waals surface area contributed by atoms with E-state index in [1.807, 2.05) is 19.0 Å². The summed E-state index contributed by atoms with van der Waals surface area (Å²) in [4.78, 5) is 13.6. The first-order chi connectivity index (χ1) is 7.50. The number of nitrogens with one attached hydrogen (secondary N) is 1. The number of hydrogen-bond acceptors (Lipinski definition) is 3. The predicted octanol–water partition coefficient (Wildman–Crippen LogP) is 1.87. The number of rotatable bonds is 5. The zero-order valence-electron chi connectivity index (χ0n) is 9.79. The average Bonchev–Trinajstić information content (AvgIpc) is 2.65. The van der Waals surface area contributed by atoms with Crippen molar-refractivity contribution in [3.8, 4) is 0 Å². The Balaban J connectivity index is 2.46. The summed E-state index contributed by atoms with van der Waals surface area (Å²) in [5.41, 5.74) is 0. The van der Waals surface area contributed by atoms with E-state index in [2.05, 4.69) is 5.32 Å². The molecule has 90 valence electrons. The smallest absolute Gasteiger partial charge is 0.287 e. The molecule has 5 heteroatoms. The molecule has 1 N–H and O–H groups in total. The fourth-order valence-electron chi connectivity index (χ4n) is 1.17. The van der Waals surface area contributed by atoms with Crippen molar-refractivity contribution < 1.29 is 9.21 Å². The summed E-state index contributed by atoms with van der Waals surface area (Å²) < 4.78 is 5.31. The first kappa shape index (κ1) is 13.1. The molecular formula is C11H17ClN2O2. The molecule has 1 heterocycles. The number of nitrogens with zero attached hydrogens (tertiary/aromatic N) is 1. The molecule has 0 aliphatic carbocycles. The normalized spacial score (nSPS) is 12.8. The molecule has 0 aliphatic rings. The van der Waals surface area contributed by atoms with Crippen molar-refractivity contribution in [1.82, 2.24) is 10.2 Å². The monoisotopic (exact) mass is 244 g/mol. The van der Waals surface area contributed by atoms with E-state index in [0.29, 0.717) is 18.1 Å². The Bertz CT molecular complexity index is 348. The van der Waals surface area contributed by atoms with E-state index < -0.39 is 0 Å². The molecule has 1 aromatic heterocycles. The van der Waals surface area contributed by atoms with Gasteiger partial charge in [-0.25, -0.2) is 0 Å². The molecular weight excluding hydrogens is 228 g/mol. The second-order valence-corrected chi connectivity index (χ2v) is 4.53. The largest absolute Gasteiger partial charge is 0.454 e. The number of furan rings is 1. The Morgan fingerprint density at radius 3 is 2.75 bits per heavy atom. The maximum Gasteiger partial charge on any atom is 0.287 e. The lowest BCUT2D eigenvalue weighted by molar-refractivity contribution is 0.0921. The molecule has 1 aromatic rings. The van der Waals surface area contributed by atoms with Gasteiger partial charge in [0.2, 0.25) is 0 Å². The van der Waals surface area contributed by atoms with Gasteiger partial charge in [0.25, 0.3) is 5.91 Å². The third-order valence-electron chi connectivity index (χ3n) is 2.09. The second-order valence-electron chi connectivity index (χ2n) is 3.88. The lowest BCUT2D eigenvalue weighted by atomic mass is 10.3. The van der Waals surface area contributed by atoms with Gasteiger partial charge >= 0.3 is 0 Å². The summed E-state index contributed by atoms with van der Waals surface area (Å²) in [7, 11) is 3.90. The zero-order valence-corrected chi connectivity index (χ0v) is 10.5. The van der Waals surface area contributed by atoms with Crippen LogP contribution in [0.25, 0.3) is 0 Å². The Hall–Kier alpha value is -1.00. The lowest BCUT2D eigenvalue weighted by Crippen LogP contribution is -2.31. The third-order valence-corrected chi connectivity index (χ3v) is 2.30. The molecule has 0 radical (unpaired) electrons. The summed E-state index contributed by atoms with van der Waals surface area (Å²) in [6.07, 6.45) is 0. The van der Waals surface area contributed by atoms with Crippen LogP contribution < -0.4 is 5.32 Å². The zero-order chi connectivity index (χ0) is 12.1. The molecule has 0 bridgehead atoms. The van der Waals surface area contributed by atoms with E-state index >= 15 is 0 Å². The van der Waals surface area contributed by atoms with Crippen LogP contribution in [0.2, 0.25) is 0 Å². The van der Waals surface area contributed by atoms with E-state index in [1.54, 1.807) is 19.1 Å². The van der Waals surface area contributed by atoms with Gasteiger partial charge in [-0.3, -0.25) is 4.79 Å². The minimum absolute atomic E-state index is 0.203. The maximum absolute atomic E-state index is 11.6. The maximum atomic E-state index is 11.6. The van der Waals surface area contributed by atoms with E-state index in [0.717, 1.165) is 6.54 Å². The lowest BCUT2D eigenvalue weighted by Gasteiger charge is -2.09. The molecule has 0 saturated heterocycles. The third kappa shape index (κ3) is 3.87. The molecule has 0 saturated carbocycles. The summed E-state index contributed by atoms with van der Waals surface area (Å²) in [6.45, 7) is 3.19. The summed E-state index contributed by atoms with van der Waals surface area (Å²) in [5.74, 6) is 0.714. The van der Waals surface area contributed by atoms with Crippen LogP contribution in [0.1, 0.15) is 28.6 Å². The first-order valence-electron chi connectivity index (χ1n) is 5.17. The Labute approximate surface area is 101 Å². The number of likely N-dealkylation sites (N-methyl/N-ethyl adjacent to an activating group) is 1. The van der Waals surface area contributed by atoms with Crippen LogP contribution in [0.3, 0.4) is 0 Å². The number of halogens is 1. The fourth-order valence-corrected chi connectivity index (χ4v) is 1.29. The highest BCUT2D eigenvalue weighted by Crippen LogP contribution is 2.21. The van der Waals surface area contributed by atoms with Gasteiger partial charge in [-0.05, 0) is 33.2 Å². The quantitative estimate of drug-likeness (QED) is 0.805. The number of amides is 1. The number of carbonyl (C=O) groups excluding carboxylic acids is 1. The summed E-state index contributed by atoms with van der Waals surface area (Å²) >= 11 is 5.83. The molecule has 1 amide bonds. The summed E-state index contributed by atoms with van der Waals surface area (Å²) in [6, 6.07) is 3.36. The van der Waals surface area contributed by atoms with E-state index in [1.165, 1.54) is 0 Å². The van der Waals surface area contributed by atoms with Crippen LogP contribution in [0.5, 0.6) is 0 Å². The van der Waals surface area contributed by atoms with Gasteiger partial charge in [0.15, 0.2) is 5.76 Å². The van der Waals surface area contributed by atoms with Crippen LogP contribution in [0.15, 0.2) is 16.5 Å². The van der Waals surface area contributed by atoms with Crippen molar-refractivity contribution in [2.45, 2.75) is 12.3 Å². The average molecular weight is 245 g/mol. The Kier molecular flexibility index (Phi) is 4.83. The van der Waals surface area contributed by atoms with Gasteiger partial charge in [-0.15, -0.1) is 11.6 Å². The van der Waals surface area contributed by atoms with E-state index in [4.69, 9.17) is 16.0 Å². The molecule has 1 atom stereocenters. The van der Waals surface area contributed by atoms with Crippen LogP contribution in [0.4, 0.5) is 0 Å². The molecule has 0 fully saturated rings. The highest BCUT2D eigenvalue weighted by Gasteiger charge is 2.12. The molecule has 1 rings (SSSR count). The minimum Gasteiger partial charge on any atom is -0.454 e. The molecule has 0 aromatic carbocycles. The van der Waals surface area contributed by atoms with Crippen LogP contribution in [0, 0.1) is 0 Å². The van der Waals surface area contributed by atoms with Crippen molar-refractivity contribution in [3.05, 3.63) is 23.7 Å². The number of alkyl halides is 1. The van der Waals surface area contributed by atoms with E-state index in [9.17, 15) is 4.79 Å². The van der Waals surface area contributed by atoms with Gasteiger partial charge in [0.05, 0.1) is 5.38 Å². The predicted molar refractivity (Wildman–Crippen MR) is 63.9 cm³/mol. The molecule has 4 nitrogen and oxygen atoms in total. The van der Waals surface area contributed by atoms with Crippen molar-refractivity contribution >= 4 is 17.5 Å². The molecule has 0 aliphatic heterocycles. The molecule has 0 spiro atoms. The Morgan fingerprint density at radius 2 is 2.25 bits per heavy atom.